The number of aryl methyl sites for hydroxylation is 1. The molecule has 0 saturated heterocycles. The van der Waals surface area contributed by atoms with E-state index in [0.29, 0.717) is 0 Å². The van der Waals surface area contributed by atoms with Crippen LogP contribution in [0.4, 0.5) is 0 Å². The largest absolute Gasteiger partial charge is 0.316 e. The van der Waals surface area contributed by atoms with Crippen LogP contribution in [0.5, 0.6) is 0 Å². The molecule has 21 heavy (non-hydrogen) atoms. The second-order valence-electron chi connectivity index (χ2n) is 5.19. The van der Waals surface area contributed by atoms with Gasteiger partial charge < -0.3 is 4.57 Å². The van der Waals surface area contributed by atoms with Crippen molar-refractivity contribution in [2.24, 2.45) is 0 Å². The Morgan fingerprint density at radius 2 is 1.67 bits per heavy atom. The van der Waals surface area contributed by atoms with Gasteiger partial charge in [-0.05, 0) is 32.0 Å². The van der Waals surface area contributed by atoms with E-state index in [4.69, 9.17) is 0 Å². The van der Waals surface area contributed by atoms with E-state index in [2.05, 4.69) is 84.4 Å². The summed E-state index contributed by atoms with van der Waals surface area (Å²) in [6.07, 6.45) is 10.5. The second-order valence-corrected chi connectivity index (χ2v) is 5.19. The molecule has 0 aliphatic heterocycles. The molecular formula is C20H19N. The van der Waals surface area contributed by atoms with E-state index in [1.54, 1.807) is 0 Å². The highest BCUT2D eigenvalue weighted by molar-refractivity contribution is 5.91. The Morgan fingerprint density at radius 3 is 2.43 bits per heavy atom. The van der Waals surface area contributed by atoms with Crippen LogP contribution in [0.15, 0.2) is 73.0 Å². The molecule has 3 aromatic rings. The lowest BCUT2D eigenvalue weighted by atomic mass is 10.1. The molecule has 104 valence electrons. The Hall–Kier alpha value is -2.54. The van der Waals surface area contributed by atoms with Gasteiger partial charge in [0.15, 0.2) is 0 Å². The highest BCUT2D eigenvalue weighted by atomic mass is 15.0. The van der Waals surface area contributed by atoms with Crippen LogP contribution >= 0.6 is 0 Å². The van der Waals surface area contributed by atoms with Crippen LogP contribution in [0.3, 0.4) is 0 Å². The first-order valence-electron chi connectivity index (χ1n) is 7.26. The van der Waals surface area contributed by atoms with Gasteiger partial charge in [0, 0.05) is 22.8 Å². The molecule has 1 heteroatoms. The molecule has 1 heterocycles. The number of hydrogen-bond donors (Lipinski definition) is 0. The van der Waals surface area contributed by atoms with E-state index in [0.717, 1.165) is 0 Å². The fraction of sp³-hybridized carbons (Fsp3) is 0.100. The van der Waals surface area contributed by atoms with Gasteiger partial charge in [-0.2, -0.15) is 0 Å². The van der Waals surface area contributed by atoms with Crippen LogP contribution in [0.2, 0.25) is 0 Å². The number of hydrogen-bond acceptors (Lipinski definition) is 0. The van der Waals surface area contributed by atoms with Gasteiger partial charge in [-0.3, -0.25) is 0 Å². The zero-order valence-electron chi connectivity index (χ0n) is 12.5. The minimum Gasteiger partial charge on any atom is -0.316 e. The Labute approximate surface area is 125 Å². The van der Waals surface area contributed by atoms with E-state index < -0.39 is 0 Å². The minimum atomic E-state index is 1.20. The van der Waals surface area contributed by atoms with Gasteiger partial charge in [0.25, 0.3) is 0 Å². The lowest BCUT2D eigenvalue weighted by molar-refractivity contribution is 1.12. The Bertz CT molecular complexity index is 801. The van der Waals surface area contributed by atoms with Crippen molar-refractivity contribution in [2.75, 3.05) is 0 Å². The third-order valence-electron chi connectivity index (χ3n) is 3.63. The number of allylic oxidation sites excluding steroid dienone is 3. The van der Waals surface area contributed by atoms with E-state index in [1.165, 1.54) is 27.7 Å². The van der Waals surface area contributed by atoms with Crippen molar-refractivity contribution in [1.29, 1.82) is 0 Å². The summed E-state index contributed by atoms with van der Waals surface area (Å²) in [6, 6.07) is 17.2. The Kier molecular flexibility index (Phi) is 3.74. The maximum Gasteiger partial charge on any atom is 0.0534 e. The van der Waals surface area contributed by atoms with Gasteiger partial charge in [0.1, 0.15) is 0 Å². The fourth-order valence-electron chi connectivity index (χ4n) is 2.53. The lowest BCUT2D eigenvalue weighted by Gasteiger charge is -2.05. The van der Waals surface area contributed by atoms with E-state index in [-0.39, 0.29) is 0 Å². The standard InChI is InChI=1S/C20H19N/c1-3-4-5-8-17-15-21(18-13-11-16(2)12-14-18)20-10-7-6-9-19(17)20/h3-15H,1-2H3/b4-3-,8-5-. The minimum absolute atomic E-state index is 1.20. The third kappa shape index (κ3) is 2.68. The normalized spacial score (nSPS) is 11.9. The summed E-state index contributed by atoms with van der Waals surface area (Å²) in [5.74, 6) is 0. The molecule has 2 aromatic carbocycles. The van der Waals surface area contributed by atoms with Gasteiger partial charge in [-0.25, -0.2) is 0 Å². The summed E-state index contributed by atoms with van der Waals surface area (Å²) in [4.78, 5) is 0. The first kappa shape index (κ1) is 13.4. The van der Waals surface area contributed by atoms with Gasteiger partial charge >= 0.3 is 0 Å². The van der Waals surface area contributed by atoms with Gasteiger partial charge in [-0.1, -0.05) is 60.2 Å². The number of nitrogens with zero attached hydrogens (tertiary/aromatic N) is 1. The molecule has 0 fully saturated rings. The first-order chi connectivity index (χ1) is 10.3. The van der Waals surface area contributed by atoms with Gasteiger partial charge in [-0.15, -0.1) is 0 Å². The first-order valence-corrected chi connectivity index (χ1v) is 7.26. The van der Waals surface area contributed by atoms with Gasteiger partial charge in [0.2, 0.25) is 0 Å². The molecule has 0 amide bonds. The predicted molar refractivity (Wildman–Crippen MR) is 91.9 cm³/mol. The van der Waals surface area contributed by atoms with Crippen LogP contribution in [0, 0.1) is 6.92 Å². The average Bonchev–Trinajstić information content (AvgIpc) is 2.88. The van der Waals surface area contributed by atoms with Crippen molar-refractivity contribution in [3.8, 4) is 5.69 Å². The van der Waals surface area contributed by atoms with Crippen LogP contribution in [0.1, 0.15) is 18.1 Å². The number of rotatable bonds is 3. The summed E-state index contributed by atoms with van der Waals surface area (Å²) < 4.78 is 2.25. The van der Waals surface area contributed by atoms with Crippen LogP contribution in [-0.2, 0) is 0 Å². The molecular weight excluding hydrogens is 254 g/mol. The zero-order chi connectivity index (χ0) is 14.7. The fourth-order valence-corrected chi connectivity index (χ4v) is 2.53. The van der Waals surface area contributed by atoms with E-state index in [1.807, 2.05) is 13.0 Å². The average molecular weight is 273 g/mol. The topological polar surface area (TPSA) is 4.93 Å². The van der Waals surface area contributed by atoms with Crippen LogP contribution < -0.4 is 0 Å². The van der Waals surface area contributed by atoms with Crippen molar-refractivity contribution in [2.45, 2.75) is 13.8 Å². The monoisotopic (exact) mass is 273 g/mol. The third-order valence-corrected chi connectivity index (χ3v) is 3.63. The second kappa shape index (κ2) is 5.84. The highest BCUT2D eigenvalue weighted by Gasteiger charge is 2.07. The predicted octanol–water partition coefficient (Wildman–Crippen LogP) is 5.53. The highest BCUT2D eigenvalue weighted by Crippen LogP contribution is 2.26. The molecule has 0 spiro atoms. The molecule has 1 aromatic heterocycles. The molecule has 0 unspecified atom stereocenters. The van der Waals surface area contributed by atoms with Crippen molar-refractivity contribution >= 4 is 17.0 Å². The summed E-state index contributed by atoms with van der Waals surface area (Å²) in [6.45, 7) is 4.14. The molecule has 0 aliphatic rings. The molecule has 0 atom stereocenters. The SMILES string of the molecule is C/C=C\C=C/c1cn(-c2ccc(C)cc2)c2ccccc12. The summed E-state index contributed by atoms with van der Waals surface area (Å²) in [5, 5.41) is 1.28. The number of benzene rings is 2. The van der Waals surface area contributed by atoms with Crippen molar-refractivity contribution in [3.63, 3.8) is 0 Å². The number of aromatic nitrogens is 1. The molecule has 0 N–H and O–H groups in total. The quantitative estimate of drug-likeness (QED) is 0.553. The van der Waals surface area contributed by atoms with Crippen molar-refractivity contribution in [1.82, 2.24) is 4.57 Å². The number of para-hydroxylation sites is 1. The van der Waals surface area contributed by atoms with Gasteiger partial charge in [0.05, 0.1) is 5.52 Å². The molecule has 0 bridgehead atoms. The molecule has 0 saturated carbocycles. The number of fused-ring (bicyclic) bond motifs is 1. The van der Waals surface area contributed by atoms with E-state index in [9.17, 15) is 0 Å². The maximum atomic E-state index is 2.25. The smallest absolute Gasteiger partial charge is 0.0534 e. The summed E-state index contributed by atoms with van der Waals surface area (Å²) in [5.41, 5.74) is 4.96. The van der Waals surface area contributed by atoms with Crippen LogP contribution in [-0.4, -0.2) is 4.57 Å². The zero-order valence-corrected chi connectivity index (χ0v) is 12.5. The summed E-state index contributed by atoms with van der Waals surface area (Å²) >= 11 is 0. The molecule has 3 rings (SSSR count). The maximum absolute atomic E-state index is 2.25. The Balaban J connectivity index is 2.17. The molecule has 1 nitrogen and oxygen atoms in total. The molecule has 0 radical (unpaired) electrons. The molecule has 0 aliphatic carbocycles. The summed E-state index contributed by atoms with van der Waals surface area (Å²) in [7, 11) is 0. The van der Waals surface area contributed by atoms with E-state index >= 15 is 0 Å². The lowest BCUT2D eigenvalue weighted by Crippen LogP contribution is -1.91. The van der Waals surface area contributed by atoms with Crippen molar-refractivity contribution < 1.29 is 0 Å². The van der Waals surface area contributed by atoms with Crippen LogP contribution in [0.25, 0.3) is 22.7 Å². The van der Waals surface area contributed by atoms with Crippen molar-refractivity contribution in [3.05, 3.63) is 84.1 Å². The Morgan fingerprint density at radius 1 is 0.905 bits per heavy atom.